The van der Waals surface area contributed by atoms with Crippen LogP contribution in [-0.4, -0.2) is 52.5 Å². The number of amides is 1. The number of hydrogen-bond donors (Lipinski definition) is 4. The van der Waals surface area contributed by atoms with E-state index < -0.39 is 18.0 Å². The van der Waals surface area contributed by atoms with Gasteiger partial charge >= 0.3 is 0 Å². The van der Waals surface area contributed by atoms with Gasteiger partial charge in [0.2, 0.25) is 5.88 Å². The first-order valence-corrected chi connectivity index (χ1v) is 10.2. The van der Waals surface area contributed by atoms with Gasteiger partial charge in [-0.15, -0.1) is 0 Å². The van der Waals surface area contributed by atoms with E-state index in [0.29, 0.717) is 11.4 Å². The number of carbonyl (C=O) groups excluding carboxylic acids is 1. The number of aromatic nitrogens is 2. The number of halogens is 2. The maximum Gasteiger partial charge on any atom is 0.280 e. The second-order valence-electron chi connectivity index (χ2n) is 7.05. The summed E-state index contributed by atoms with van der Waals surface area (Å²) in [7, 11) is 0. The van der Waals surface area contributed by atoms with E-state index >= 15 is 0 Å². The molecule has 0 aliphatic carbocycles. The van der Waals surface area contributed by atoms with E-state index in [0.717, 1.165) is 22.8 Å². The van der Waals surface area contributed by atoms with E-state index in [1.54, 1.807) is 24.4 Å². The van der Waals surface area contributed by atoms with Gasteiger partial charge in [-0.2, -0.15) is 0 Å². The number of aryl methyl sites for hydroxylation is 1. The number of pyridine rings is 2. The average Bonchev–Trinajstić information content (AvgIpc) is 2.82. The van der Waals surface area contributed by atoms with E-state index in [4.69, 9.17) is 14.9 Å². The number of aliphatic hydroxyl groups excluding tert-OH is 2. The van der Waals surface area contributed by atoms with E-state index in [9.17, 15) is 13.6 Å². The Bertz CT molecular complexity index is 1110. The Kier molecular flexibility index (Phi) is 8.22. The Morgan fingerprint density at radius 3 is 2.67 bits per heavy atom. The SMILES string of the molecule is Cc1ccc(NC(=O)c2ccnc(C(F)F)c2)cc1-c1cnc(OCCO)c(NCCO)c1. The highest BCUT2D eigenvalue weighted by atomic mass is 19.3. The third kappa shape index (κ3) is 6.21. The molecule has 174 valence electrons. The summed E-state index contributed by atoms with van der Waals surface area (Å²) in [4.78, 5) is 20.4. The molecule has 0 saturated carbocycles. The molecule has 4 N–H and O–H groups in total. The molecule has 33 heavy (non-hydrogen) atoms. The normalized spacial score (nSPS) is 10.8. The molecule has 3 aromatic rings. The van der Waals surface area contributed by atoms with E-state index in [2.05, 4.69) is 20.6 Å². The third-order valence-corrected chi connectivity index (χ3v) is 4.68. The lowest BCUT2D eigenvalue weighted by molar-refractivity contribution is 0.102. The molecule has 0 aliphatic heterocycles. The zero-order chi connectivity index (χ0) is 23.8. The van der Waals surface area contributed by atoms with Gasteiger partial charge in [-0.1, -0.05) is 6.07 Å². The van der Waals surface area contributed by atoms with Gasteiger partial charge in [0.15, 0.2) is 0 Å². The molecule has 10 heteroatoms. The number of benzene rings is 1. The summed E-state index contributed by atoms with van der Waals surface area (Å²) >= 11 is 0. The highest BCUT2D eigenvalue weighted by Gasteiger charge is 2.15. The molecule has 3 rings (SSSR count). The fourth-order valence-corrected chi connectivity index (χ4v) is 3.10. The lowest BCUT2D eigenvalue weighted by Crippen LogP contribution is -2.13. The zero-order valence-electron chi connectivity index (χ0n) is 17.9. The lowest BCUT2D eigenvalue weighted by atomic mass is 10.0. The maximum atomic E-state index is 12.9. The molecular formula is C23H24F2N4O4. The molecule has 0 saturated heterocycles. The van der Waals surface area contributed by atoms with Gasteiger partial charge < -0.3 is 25.6 Å². The lowest BCUT2D eigenvalue weighted by Gasteiger charge is -2.15. The molecule has 0 atom stereocenters. The number of anilines is 2. The van der Waals surface area contributed by atoms with Crippen LogP contribution in [0.15, 0.2) is 48.8 Å². The van der Waals surface area contributed by atoms with Crippen LogP contribution in [0.1, 0.15) is 28.0 Å². The number of hydrogen-bond acceptors (Lipinski definition) is 7. The van der Waals surface area contributed by atoms with E-state index in [-0.39, 0.29) is 37.8 Å². The quantitative estimate of drug-likeness (QED) is 0.368. The molecule has 1 amide bonds. The molecule has 0 bridgehead atoms. The number of carbonyl (C=O) groups is 1. The Labute approximate surface area is 189 Å². The van der Waals surface area contributed by atoms with Crippen LogP contribution in [0.2, 0.25) is 0 Å². The fraction of sp³-hybridized carbons (Fsp3) is 0.261. The zero-order valence-corrected chi connectivity index (χ0v) is 17.9. The first-order chi connectivity index (χ1) is 15.9. The fourth-order valence-electron chi connectivity index (χ4n) is 3.10. The van der Waals surface area contributed by atoms with Gasteiger partial charge in [-0.3, -0.25) is 9.78 Å². The smallest absolute Gasteiger partial charge is 0.280 e. The van der Waals surface area contributed by atoms with Crippen molar-refractivity contribution in [2.24, 2.45) is 0 Å². The highest BCUT2D eigenvalue weighted by Crippen LogP contribution is 2.32. The monoisotopic (exact) mass is 458 g/mol. The molecule has 2 aromatic heterocycles. The van der Waals surface area contributed by atoms with Gasteiger partial charge in [0.05, 0.1) is 18.9 Å². The predicted octanol–water partition coefficient (Wildman–Crippen LogP) is 3.42. The van der Waals surface area contributed by atoms with Crippen molar-refractivity contribution in [3.05, 3.63) is 65.6 Å². The Hall–Kier alpha value is -3.63. The molecule has 2 heterocycles. The molecule has 0 radical (unpaired) electrons. The minimum Gasteiger partial charge on any atom is -0.474 e. The summed E-state index contributed by atoms with van der Waals surface area (Å²) in [5, 5.41) is 23.9. The van der Waals surface area contributed by atoms with Crippen LogP contribution in [0, 0.1) is 6.92 Å². The third-order valence-electron chi connectivity index (χ3n) is 4.68. The Balaban J connectivity index is 1.88. The van der Waals surface area contributed by atoms with Crippen LogP contribution in [0.5, 0.6) is 5.88 Å². The maximum absolute atomic E-state index is 12.9. The highest BCUT2D eigenvalue weighted by molar-refractivity contribution is 6.04. The van der Waals surface area contributed by atoms with Crippen LogP contribution in [0.25, 0.3) is 11.1 Å². The molecule has 8 nitrogen and oxygen atoms in total. The van der Waals surface area contributed by atoms with Gasteiger partial charge in [0, 0.05) is 35.8 Å². The number of rotatable bonds is 10. The van der Waals surface area contributed by atoms with Crippen LogP contribution >= 0.6 is 0 Å². The van der Waals surface area contributed by atoms with Gasteiger partial charge in [-0.05, 0) is 48.4 Å². The van der Waals surface area contributed by atoms with Crippen LogP contribution in [0.3, 0.4) is 0 Å². The largest absolute Gasteiger partial charge is 0.474 e. The number of ether oxygens (including phenoxy) is 1. The molecule has 0 spiro atoms. The summed E-state index contributed by atoms with van der Waals surface area (Å²) in [6, 6.07) is 9.50. The van der Waals surface area contributed by atoms with Crippen molar-refractivity contribution in [2.75, 3.05) is 37.0 Å². The first-order valence-electron chi connectivity index (χ1n) is 10.2. The minimum atomic E-state index is -2.77. The second kappa shape index (κ2) is 11.3. The molecule has 1 aromatic carbocycles. The topological polar surface area (TPSA) is 117 Å². The number of nitrogens with one attached hydrogen (secondary N) is 2. The van der Waals surface area contributed by atoms with Crippen molar-refractivity contribution in [3.63, 3.8) is 0 Å². The van der Waals surface area contributed by atoms with Crippen molar-refractivity contribution in [2.45, 2.75) is 13.3 Å². The van der Waals surface area contributed by atoms with Gasteiger partial charge in [0.1, 0.15) is 12.3 Å². The van der Waals surface area contributed by atoms with Crippen molar-refractivity contribution < 1.29 is 28.5 Å². The van der Waals surface area contributed by atoms with Crippen molar-refractivity contribution in [1.29, 1.82) is 0 Å². The molecule has 0 aliphatic rings. The standard InChI is InChI=1S/C23H24F2N4O4/c1-14-2-3-17(29-22(32)15-4-5-26-19(10-15)21(24)25)12-18(14)16-11-20(27-6-7-30)23(28-13-16)33-9-8-31/h2-5,10-13,21,27,30-31H,6-9H2,1H3,(H,29,32). The predicted molar refractivity (Wildman–Crippen MR) is 120 cm³/mol. The van der Waals surface area contributed by atoms with Crippen LogP contribution in [-0.2, 0) is 0 Å². The van der Waals surface area contributed by atoms with Crippen LogP contribution < -0.4 is 15.4 Å². The van der Waals surface area contributed by atoms with Crippen molar-refractivity contribution >= 4 is 17.3 Å². The molecular weight excluding hydrogens is 434 g/mol. The number of nitrogens with zero attached hydrogens (tertiary/aromatic N) is 2. The Morgan fingerprint density at radius 2 is 1.94 bits per heavy atom. The Morgan fingerprint density at radius 1 is 1.12 bits per heavy atom. The average molecular weight is 458 g/mol. The second-order valence-corrected chi connectivity index (χ2v) is 7.05. The van der Waals surface area contributed by atoms with E-state index in [1.165, 1.54) is 12.3 Å². The van der Waals surface area contributed by atoms with E-state index in [1.807, 2.05) is 13.0 Å². The summed E-state index contributed by atoms with van der Waals surface area (Å²) in [5.41, 5.74) is 3.04. The molecule has 0 fully saturated rings. The van der Waals surface area contributed by atoms with Gasteiger partial charge in [0.25, 0.3) is 12.3 Å². The first kappa shape index (κ1) is 24.0. The van der Waals surface area contributed by atoms with Crippen molar-refractivity contribution in [3.8, 4) is 17.0 Å². The summed E-state index contributed by atoms with van der Waals surface area (Å²) < 4.78 is 31.2. The van der Waals surface area contributed by atoms with Gasteiger partial charge in [-0.25, -0.2) is 13.8 Å². The summed E-state index contributed by atoms with van der Waals surface area (Å²) in [6.07, 6.45) is 0.00109. The minimum absolute atomic E-state index is 0.0724. The number of alkyl halides is 2. The summed E-state index contributed by atoms with van der Waals surface area (Å²) in [6.45, 7) is 1.99. The van der Waals surface area contributed by atoms with Crippen LogP contribution in [0.4, 0.5) is 20.2 Å². The summed E-state index contributed by atoms with van der Waals surface area (Å²) in [5.74, 6) is -0.249. The van der Waals surface area contributed by atoms with Crippen molar-refractivity contribution in [1.82, 2.24) is 9.97 Å². The molecule has 0 unspecified atom stereocenters. The number of aliphatic hydroxyl groups is 2.